The highest BCUT2D eigenvalue weighted by atomic mass is 35.5. The summed E-state index contributed by atoms with van der Waals surface area (Å²) in [6.45, 7) is 5.60. The molecule has 0 bridgehead atoms. The van der Waals surface area contributed by atoms with Gasteiger partial charge in [0.05, 0.1) is 9.85 Å². The summed E-state index contributed by atoms with van der Waals surface area (Å²) in [5, 5.41) is 4.47. The average molecular weight is 612 g/mol. The molecule has 1 aromatic carbocycles. The number of aromatic nitrogens is 2. The number of carbonyl (C=O) groups is 1. The van der Waals surface area contributed by atoms with Gasteiger partial charge in [-0.15, -0.1) is 11.3 Å². The number of carbonyl (C=O) groups excluding carboxylic acids is 1. The monoisotopic (exact) mass is 610 g/mol. The topological polar surface area (TPSA) is 108 Å². The molecule has 3 aromatic rings. The zero-order chi connectivity index (χ0) is 27.6. The normalized spacial score (nSPS) is 20.4. The van der Waals surface area contributed by atoms with E-state index in [4.69, 9.17) is 33.2 Å². The molecular formula is C26H32Cl2N6O3S2. The molecule has 2 N–H and O–H groups in total. The van der Waals surface area contributed by atoms with Gasteiger partial charge in [-0.1, -0.05) is 35.3 Å². The maximum absolute atomic E-state index is 12.6. The fourth-order valence-electron chi connectivity index (χ4n) is 5.30. The SMILES string of the molecule is CC(=O)N1CCN(c2nc(NC[C@H]3CC[C@H](CNS(=O)(=O)c4cc(Cl)sc4Cl)CC3)nc3ccccc23)CC1. The van der Waals surface area contributed by atoms with Crippen LogP contribution < -0.4 is 14.9 Å². The zero-order valence-corrected chi connectivity index (χ0v) is 24.8. The van der Waals surface area contributed by atoms with E-state index in [1.165, 1.54) is 6.07 Å². The highest BCUT2D eigenvalue weighted by molar-refractivity contribution is 7.89. The summed E-state index contributed by atoms with van der Waals surface area (Å²) in [6.07, 6.45) is 3.88. The lowest BCUT2D eigenvalue weighted by Gasteiger charge is -2.35. The van der Waals surface area contributed by atoms with Gasteiger partial charge in [-0.25, -0.2) is 18.1 Å². The number of anilines is 2. The number of para-hydroxylation sites is 1. The predicted octanol–water partition coefficient (Wildman–Crippen LogP) is 4.86. The molecule has 210 valence electrons. The number of nitrogens with one attached hydrogen (secondary N) is 2. The number of hydrogen-bond donors (Lipinski definition) is 2. The summed E-state index contributed by atoms with van der Waals surface area (Å²) in [5.41, 5.74) is 0.891. The van der Waals surface area contributed by atoms with Crippen molar-refractivity contribution in [3.8, 4) is 0 Å². The Bertz CT molecular complexity index is 1430. The van der Waals surface area contributed by atoms with Crippen LogP contribution in [0.3, 0.4) is 0 Å². The Hall–Kier alpha value is -2.18. The van der Waals surface area contributed by atoms with Crippen LogP contribution in [0.5, 0.6) is 0 Å². The minimum atomic E-state index is -3.68. The second kappa shape index (κ2) is 12.1. The van der Waals surface area contributed by atoms with E-state index in [1.807, 2.05) is 29.2 Å². The first-order valence-corrected chi connectivity index (χ1v) is 16.2. The number of hydrogen-bond acceptors (Lipinski definition) is 8. The van der Waals surface area contributed by atoms with Gasteiger partial charge in [-0.05, 0) is 55.7 Å². The average Bonchev–Trinajstić information content (AvgIpc) is 3.29. The summed E-state index contributed by atoms with van der Waals surface area (Å²) in [7, 11) is -3.68. The van der Waals surface area contributed by atoms with Crippen LogP contribution in [0.15, 0.2) is 35.2 Å². The fraction of sp³-hybridized carbons (Fsp3) is 0.500. The van der Waals surface area contributed by atoms with E-state index in [0.717, 1.165) is 73.4 Å². The van der Waals surface area contributed by atoms with Gasteiger partial charge >= 0.3 is 0 Å². The number of amides is 1. The van der Waals surface area contributed by atoms with Gasteiger partial charge in [0.1, 0.15) is 15.0 Å². The van der Waals surface area contributed by atoms with Gasteiger partial charge < -0.3 is 15.1 Å². The number of fused-ring (bicyclic) bond motifs is 1. The van der Waals surface area contributed by atoms with Gasteiger partial charge in [-0.3, -0.25) is 4.79 Å². The summed E-state index contributed by atoms with van der Waals surface area (Å²) in [4.78, 5) is 25.6. The van der Waals surface area contributed by atoms with Crippen molar-refractivity contribution >= 4 is 73.1 Å². The Labute approximate surface area is 242 Å². The lowest BCUT2D eigenvalue weighted by atomic mass is 9.82. The Kier molecular flexibility index (Phi) is 8.82. The molecule has 0 radical (unpaired) electrons. The minimum Gasteiger partial charge on any atom is -0.354 e. The first-order chi connectivity index (χ1) is 18.7. The maximum atomic E-state index is 12.6. The number of halogens is 2. The molecule has 5 rings (SSSR count). The van der Waals surface area contributed by atoms with Crippen LogP contribution in [-0.4, -0.2) is 68.5 Å². The number of sulfonamides is 1. The van der Waals surface area contributed by atoms with Crippen molar-refractivity contribution in [3.63, 3.8) is 0 Å². The van der Waals surface area contributed by atoms with Crippen LogP contribution in [0.25, 0.3) is 10.9 Å². The van der Waals surface area contributed by atoms with E-state index in [0.29, 0.717) is 35.8 Å². The van der Waals surface area contributed by atoms with E-state index in [2.05, 4.69) is 14.9 Å². The summed E-state index contributed by atoms with van der Waals surface area (Å²) in [5.74, 6) is 2.35. The molecule has 0 unspecified atom stereocenters. The quantitative estimate of drug-likeness (QED) is 0.375. The van der Waals surface area contributed by atoms with E-state index >= 15 is 0 Å². The van der Waals surface area contributed by atoms with E-state index in [-0.39, 0.29) is 21.1 Å². The van der Waals surface area contributed by atoms with E-state index in [9.17, 15) is 13.2 Å². The smallest absolute Gasteiger partial charge is 0.242 e. The Balaban J connectivity index is 1.16. The van der Waals surface area contributed by atoms with E-state index < -0.39 is 10.0 Å². The number of piperazine rings is 1. The van der Waals surface area contributed by atoms with Crippen LogP contribution >= 0.6 is 34.5 Å². The van der Waals surface area contributed by atoms with Crippen LogP contribution in [0, 0.1) is 11.8 Å². The molecule has 1 saturated carbocycles. The van der Waals surface area contributed by atoms with Gasteiger partial charge in [0.2, 0.25) is 21.9 Å². The Morgan fingerprint density at radius 2 is 1.69 bits per heavy atom. The molecule has 0 atom stereocenters. The molecule has 3 heterocycles. The Morgan fingerprint density at radius 1 is 1.03 bits per heavy atom. The largest absolute Gasteiger partial charge is 0.354 e. The highest BCUT2D eigenvalue weighted by Crippen LogP contribution is 2.35. The molecule has 1 aliphatic carbocycles. The lowest BCUT2D eigenvalue weighted by Crippen LogP contribution is -2.48. The molecule has 9 nitrogen and oxygen atoms in total. The van der Waals surface area contributed by atoms with Gasteiger partial charge in [-0.2, -0.15) is 4.98 Å². The zero-order valence-electron chi connectivity index (χ0n) is 21.7. The van der Waals surface area contributed by atoms with Crippen molar-refractivity contribution in [1.29, 1.82) is 0 Å². The second-order valence-electron chi connectivity index (χ2n) is 10.2. The third-order valence-electron chi connectivity index (χ3n) is 7.60. The third kappa shape index (κ3) is 6.77. The summed E-state index contributed by atoms with van der Waals surface area (Å²) >= 11 is 13.0. The molecule has 2 aliphatic rings. The number of nitrogens with zero attached hydrogens (tertiary/aromatic N) is 4. The van der Waals surface area contributed by atoms with Crippen molar-refractivity contribution in [2.75, 3.05) is 49.5 Å². The minimum absolute atomic E-state index is 0.0486. The van der Waals surface area contributed by atoms with Crippen LogP contribution in [0.4, 0.5) is 11.8 Å². The molecular weight excluding hydrogens is 579 g/mol. The number of thiophene rings is 1. The molecule has 1 amide bonds. The van der Waals surface area contributed by atoms with Crippen molar-refractivity contribution in [2.24, 2.45) is 11.8 Å². The lowest BCUT2D eigenvalue weighted by molar-refractivity contribution is -0.129. The van der Waals surface area contributed by atoms with Crippen LogP contribution in [0.2, 0.25) is 8.67 Å². The van der Waals surface area contributed by atoms with Gasteiger partial charge in [0.25, 0.3) is 0 Å². The molecule has 0 spiro atoms. The maximum Gasteiger partial charge on any atom is 0.242 e. The van der Waals surface area contributed by atoms with Crippen molar-refractivity contribution < 1.29 is 13.2 Å². The number of benzene rings is 1. The highest BCUT2D eigenvalue weighted by Gasteiger charge is 2.26. The standard InChI is InChI=1S/C26H32Cl2N6O3S2/c1-17(35)33-10-12-34(13-11-33)25-20-4-2-3-5-21(20)31-26(32-25)29-15-18-6-8-19(9-7-18)16-30-39(36,37)22-14-23(27)38-24(22)28/h2-5,14,18-19,30H,6-13,15-16H2,1H3,(H,29,31,32)/t18-,19-. The predicted molar refractivity (Wildman–Crippen MR) is 157 cm³/mol. The second-order valence-corrected chi connectivity index (χ2v) is 14.2. The van der Waals surface area contributed by atoms with E-state index in [1.54, 1.807) is 6.92 Å². The fourth-order valence-corrected chi connectivity index (χ4v) is 8.57. The third-order valence-corrected chi connectivity index (χ3v) is 10.8. The molecule has 1 aliphatic heterocycles. The van der Waals surface area contributed by atoms with Crippen molar-refractivity contribution in [3.05, 3.63) is 39.0 Å². The molecule has 2 fully saturated rings. The molecule has 1 saturated heterocycles. The first kappa shape index (κ1) is 28.4. The van der Waals surface area contributed by atoms with Crippen molar-refractivity contribution in [2.45, 2.75) is 37.5 Å². The molecule has 39 heavy (non-hydrogen) atoms. The molecule has 13 heteroatoms. The molecule has 2 aromatic heterocycles. The summed E-state index contributed by atoms with van der Waals surface area (Å²) < 4.78 is 28.5. The van der Waals surface area contributed by atoms with Crippen LogP contribution in [-0.2, 0) is 14.8 Å². The van der Waals surface area contributed by atoms with Crippen LogP contribution in [0.1, 0.15) is 32.6 Å². The Morgan fingerprint density at radius 3 is 2.33 bits per heavy atom. The number of rotatable bonds is 8. The van der Waals surface area contributed by atoms with Crippen molar-refractivity contribution in [1.82, 2.24) is 19.6 Å². The van der Waals surface area contributed by atoms with Gasteiger partial charge in [0, 0.05) is 51.6 Å². The van der Waals surface area contributed by atoms with Gasteiger partial charge in [0.15, 0.2) is 0 Å². The first-order valence-electron chi connectivity index (χ1n) is 13.1. The summed E-state index contributed by atoms with van der Waals surface area (Å²) in [6, 6.07) is 9.42.